The number of aryl methyl sites for hydroxylation is 1. The number of anilines is 1. The highest BCUT2D eigenvalue weighted by molar-refractivity contribution is 7.89. The summed E-state index contributed by atoms with van der Waals surface area (Å²) in [4.78, 5) is 23.2. The number of amides is 1. The molecule has 1 fully saturated rings. The maximum atomic E-state index is 13.0. The molecule has 0 radical (unpaired) electrons. The highest BCUT2D eigenvalue weighted by Gasteiger charge is 2.32. The predicted octanol–water partition coefficient (Wildman–Crippen LogP) is 2.95. The van der Waals surface area contributed by atoms with Crippen LogP contribution in [0.1, 0.15) is 29.8 Å². The van der Waals surface area contributed by atoms with E-state index in [1.807, 2.05) is 13.8 Å². The number of nitro benzene ring substituents is 1. The first kappa shape index (κ1) is 21.9. The van der Waals surface area contributed by atoms with Gasteiger partial charge in [-0.2, -0.15) is 4.31 Å². The molecular weight excluding hydrogens is 410 g/mol. The monoisotopic (exact) mass is 433 g/mol. The van der Waals surface area contributed by atoms with Crippen LogP contribution in [-0.2, 0) is 14.8 Å². The molecule has 0 unspecified atom stereocenters. The van der Waals surface area contributed by atoms with Crippen molar-refractivity contribution in [3.63, 3.8) is 0 Å². The van der Waals surface area contributed by atoms with Gasteiger partial charge < -0.3 is 10.1 Å². The van der Waals surface area contributed by atoms with Gasteiger partial charge in [0.05, 0.1) is 22.0 Å². The number of hydrogen-bond acceptors (Lipinski definition) is 6. The van der Waals surface area contributed by atoms with E-state index in [-0.39, 0.29) is 47.1 Å². The fourth-order valence-corrected chi connectivity index (χ4v) is 5.00. The van der Waals surface area contributed by atoms with Gasteiger partial charge in [0.25, 0.3) is 11.6 Å². The first-order chi connectivity index (χ1) is 14.1. The number of hydrogen-bond donors (Lipinski definition) is 1. The summed E-state index contributed by atoms with van der Waals surface area (Å²) in [5.74, 6) is -0.561. The molecule has 1 aliphatic heterocycles. The van der Waals surface area contributed by atoms with Gasteiger partial charge in [0.15, 0.2) is 0 Å². The molecule has 9 nitrogen and oxygen atoms in total. The van der Waals surface area contributed by atoms with Crippen LogP contribution < -0.4 is 5.32 Å². The van der Waals surface area contributed by atoms with Gasteiger partial charge in [0.1, 0.15) is 0 Å². The number of ether oxygens (including phenoxy) is 1. The summed E-state index contributed by atoms with van der Waals surface area (Å²) in [6.45, 7) is 5.68. The van der Waals surface area contributed by atoms with Crippen LogP contribution >= 0.6 is 0 Å². The van der Waals surface area contributed by atoms with E-state index in [1.54, 1.807) is 13.0 Å². The van der Waals surface area contributed by atoms with Crippen molar-refractivity contribution in [3.05, 3.63) is 63.7 Å². The molecule has 2 aromatic carbocycles. The molecule has 30 heavy (non-hydrogen) atoms. The van der Waals surface area contributed by atoms with E-state index in [0.717, 1.165) is 0 Å². The van der Waals surface area contributed by atoms with Crippen LogP contribution in [-0.4, -0.2) is 48.9 Å². The molecule has 1 amide bonds. The summed E-state index contributed by atoms with van der Waals surface area (Å²) in [7, 11) is -3.80. The Balaban J connectivity index is 1.84. The molecule has 0 spiro atoms. The maximum absolute atomic E-state index is 13.0. The van der Waals surface area contributed by atoms with Crippen molar-refractivity contribution in [3.8, 4) is 0 Å². The van der Waals surface area contributed by atoms with Crippen LogP contribution in [0.4, 0.5) is 11.4 Å². The lowest BCUT2D eigenvalue weighted by Crippen LogP contribution is -2.48. The Morgan fingerprint density at radius 1 is 1.17 bits per heavy atom. The van der Waals surface area contributed by atoms with E-state index in [9.17, 15) is 23.3 Å². The molecule has 0 aromatic heterocycles. The van der Waals surface area contributed by atoms with Crippen molar-refractivity contribution >= 4 is 27.3 Å². The summed E-state index contributed by atoms with van der Waals surface area (Å²) in [6, 6.07) is 10.1. The summed E-state index contributed by atoms with van der Waals surface area (Å²) >= 11 is 0. The van der Waals surface area contributed by atoms with Gasteiger partial charge in [0.2, 0.25) is 10.0 Å². The fraction of sp³-hybridized carbons (Fsp3) is 0.350. The Kier molecular flexibility index (Phi) is 6.20. The van der Waals surface area contributed by atoms with Crippen molar-refractivity contribution in [1.29, 1.82) is 0 Å². The lowest BCUT2D eigenvalue weighted by atomic mass is 10.1. The molecule has 0 aliphatic carbocycles. The Morgan fingerprint density at radius 3 is 2.47 bits per heavy atom. The Bertz CT molecular complexity index is 1080. The third kappa shape index (κ3) is 4.66. The maximum Gasteiger partial charge on any atom is 0.274 e. The van der Waals surface area contributed by atoms with E-state index >= 15 is 0 Å². The minimum atomic E-state index is -3.80. The van der Waals surface area contributed by atoms with E-state index in [0.29, 0.717) is 5.56 Å². The number of nitro groups is 1. The molecule has 10 heteroatoms. The van der Waals surface area contributed by atoms with E-state index in [4.69, 9.17) is 4.74 Å². The first-order valence-electron chi connectivity index (χ1n) is 9.40. The number of morpholine rings is 1. The molecule has 2 atom stereocenters. The molecule has 160 valence electrons. The molecule has 1 N–H and O–H groups in total. The highest BCUT2D eigenvalue weighted by Crippen LogP contribution is 2.24. The van der Waals surface area contributed by atoms with Gasteiger partial charge in [-0.3, -0.25) is 14.9 Å². The van der Waals surface area contributed by atoms with Crippen molar-refractivity contribution < 1.29 is 22.9 Å². The zero-order valence-corrected chi connectivity index (χ0v) is 17.7. The van der Waals surface area contributed by atoms with E-state index in [1.165, 1.54) is 40.7 Å². The lowest BCUT2D eigenvalue weighted by Gasteiger charge is -2.34. The van der Waals surface area contributed by atoms with Gasteiger partial charge in [-0.25, -0.2) is 8.42 Å². The minimum Gasteiger partial charge on any atom is -0.373 e. The number of rotatable bonds is 5. The topological polar surface area (TPSA) is 119 Å². The molecule has 2 aromatic rings. The highest BCUT2D eigenvalue weighted by atomic mass is 32.2. The van der Waals surface area contributed by atoms with Gasteiger partial charge in [-0.15, -0.1) is 0 Å². The van der Waals surface area contributed by atoms with Crippen molar-refractivity contribution in [2.24, 2.45) is 0 Å². The predicted molar refractivity (Wildman–Crippen MR) is 111 cm³/mol. The average molecular weight is 433 g/mol. The number of sulfonamides is 1. The number of nitrogens with zero attached hydrogens (tertiary/aromatic N) is 2. The van der Waals surface area contributed by atoms with Crippen LogP contribution in [0.3, 0.4) is 0 Å². The Labute approximate surface area is 174 Å². The largest absolute Gasteiger partial charge is 0.373 e. The van der Waals surface area contributed by atoms with Gasteiger partial charge in [-0.05, 0) is 45.0 Å². The second-order valence-electron chi connectivity index (χ2n) is 7.32. The smallest absolute Gasteiger partial charge is 0.274 e. The SMILES string of the molecule is Cc1ccc(NC(=O)c2cccc(S(=O)(=O)N3C[C@@H](C)O[C@H](C)C3)c2)cc1[N+](=O)[O-]. The van der Waals surface area contributed by atoms with Crippen molar-refractivity contribution in [2.45, 2.75) is 37.9 Å². The van der Waals surface area contributed by atoms with Gasteiger partial charge >= 0.3 is 0 Å². The zero-order chi connectivity index (χ0) is 22.1. The normalized spacial score (nSPS) is 20.0. The number of nitrogens with one attached hydrogen (secondary N) is 1. The number of benzene rings is 2. The minimum absolute atomic E-state index is 0.00587. The summed E-state index contributed by atoms with van der Waals surface area (Å²) in [5.41, 5.74) is 0.745. The number of carbonyl (C=O) groups excluding carboxylic acids is 1. The second kappa shape index (κ2) is 8.50. The summed E-state index contributed by atoms with van der Waals surface area (Å²) < 4.78 is 33.0. The van der Waals surface area contributed by atoms with Crippen LogP contribution in [0.25, 0.3) is 0 Å². The molecule has 1 aliphatic rings. The molecule has 3 rings (SSSR count). The zero-order valence-electron chi connectivity index (χ0n) is 16.9. The van der Waals surface area contributed by atoms with Crippen molar-refractivity contribution in [1.82, 2.24) is 4.31 Å². The van der Waals surface area contributed by atoms with E-state index < -0.39 is 20.9 Å². The Hall–Kier alpha value is -2.82. The fourth-order valence-electron chi connectivity index (χ4n) is 3.36. The standard InChI is InChI=1S/C20H23N3O6S/c1-13-7-8-17(10-19(13)23(25)26)21-20(24)16-5-4-6-18(9-16)30(27,28)22-11-14(2)29-15(3)12-22/h4-10,14-15H,11-12H2,1-3H3,(H,21,24)/t14-,15-/m1/s1. The van der Waals surface area contributed by atoms with Crippen molar-refractivity contribution in [2.75, 3.05) is 18.4 Å². The van der Waals surface area contributed by atoms with Gasteiger partial charge in [-0.1, -0.05) is 12.1 Å². The lowest BCUT2D eigenvalue weighted by molar-refractivity contribution is -0.385. The molecular formula is C20H23N3O6S. The van der Waals surface area contributed by atoms with Crippen LogP contribution in [0.2, 0.25) is 0 Å². The molecule has 1 heterocycles. The second-order valence-corrected chi connectivity index (χ2v) is 9.26. The summed E-state index contributed by atoms with van der Waals surface area (Å²) in [5, 5.41) is 13.7. The quantitative estimate of drug-likeness (QED) is 0.572. The molecule has 0 bridgehead atoms. The third-order valence-electron chi connectivity index (χ3n) is 4.78. The van der Waals surface area contributed by atoms with Crippen LogP contribution in [0.15, 0.2) is 47.4 Å². The Morgan fingerprint density at radius 2 is 1.83 bits per heavy atom. The van der Waals surface area contributed by atoms with Gasteiger partial charge in [0, 0.05) is 36.0 Å². The molecule has 0 saturated carbocycles. The average Bonchev–Trinajstić information content (AvgIpc) is 2.68. The third-order valence-corrected chi connectivity index (χ3v) is 6.61. The summed E-state index contributed by atoms with van der Waals surface area (Å²) in [6.07, 6.45) is -0.459. The molecule has 1 saturated heterocycles. The van der Waals surface area contributed by atoms with Crippen LogP contribution in [0, 0.1) is 17.0 Å². The van der Waals surface area contributed by atoms with Crippen LogP contribution in [0.5, 0.6) is 0 Å². The number of carbonyl (C=O) groups is 1. The first-order valence-corrected chi connectivity index (χ1v) is 10.8. The van der Waals surface area contributed by atoms with E-state index in [2.05, 4.69) is 5.32 Å².